The number of nitro groups is 1. The minimum absolute atomic E-state index is 0.0192. The lowest BCUT2D eigenvalue weighted by molar-refractivity contribution is -0.384. The van der Waals surface area contributed by atoms with E-state index in [0.717, 1.165) is 13.2 Å². The summed E-state index contributed by atoms with van der Waals surface area (Å²) in [6.07, 6.45) is 0. The molecule has 0 aromatic heterocycles. The Morgan fingerprint density at radius 3 is 2.19 bits per heavy atom. The fourth-order valence-electron chi connectivity index (χ4n) is 3.66. The maximum atomic E-state index is 14.2. The van der Waals surface area contributed by atoms with Crippen molar-refractivity contribution in [2.75, 3.05) is 44.8 Å². The second-order valence-corrected chi connectivity index (χ2v) is 7.97. The van der Waals surface area contributed by atoms with E-state index in [4.69, 9.17) is 17.0 Å². The molecule has 1 amide bonds. The lowest BCUT2D eigenvalue weighted by atomic mass is 10.1. The molecule has 0 aliphatic carbocycles. The molecule has 0 saturated carbocycles. The lowest BCUT2D eigenvalue weighted by Gasteiger charge is -2.37. The zero-order chi connectivity index (χ0) is 27.4. The van der Waals surface area contributed by atoms with Crippen LogP contribution in [0.5, 0.6) is 5.75 Å². The average molecular weight is 544 g/mol. The summed E-state index contributed by atoms with van der Waals surface area (Å²) in [4.78, 5) is 38.4. The van der Waals surface area contributed by atoms with Crippen LogP contribution in [-0.2, 0) is 4.74 Å². The molecule has 0 unspecified atom stereocenters. The fraction of sp³-hybridized carbons (Fsp3) is 0.318. The molecule has 10 nitrogen and oxygen atoms in total. The van der Waals surface area contributed by atoms with E-state index in [0.29, 0.717) is 0 Å². The smallest absolute Gasteiger partial charge is 0.338 e. The van der Waals surface area contributed by atoms with Gasteiger partial charge in [0.1, 0.15) is 11.3 Å². The van der Waals surface area contributed by atoms with E-state index in [-0.39, 0.29) is 54.8 Å². The summed E-state index contributed by atoms with van der Waals surface area (Å²) >= 11 is 5.10. The summed E-state index contributed by atoms with van der Waals surface area (Å²) in [5, 5.41) is 13.4. The number of thiocarbonyl (C=S) groups is 1. The van der Waals surface area contributed by atoms with Gasteiger partial charge >= 0.3 is 5.97 Å². The van der Waals surface area contributed by atoms with Gasteiger partial charge in [-0.3, -0.25) is 20.2 Å². The molecule has 0 bridgehead atoms. The molecule has 37 heavy (non-hydrogen) atoms. The van der Waals surface area contributed by atoms with Gasteiger partial charge in [-0.05, 0) is 31.3 Å². The van der Waals surface area contributed by atoms with Crippen LogP contribution in [0.25, 0.3) is 0 Å². The van der Waals surface area contributed by atoms with Gasteiger partial charge in [-0.25, -0.2) is 13.6 Å². The van der Waals surface area contributed by atoms with Crippen molar-refractivity contribution in [1.82, 2.24) is 10.2 Å². The van der Waals surface area contributed by atoms with Gasteiger partial charge in [-0.2, -0.15) is 8.78 Å². The molecule has 1 N–H and O–H groups in total. The Labute approximate surface area is 212 Å². The Bertz CT molecular complexity index is 1240. The van der Waals surface area contributed by atoms with Gasteiger partial charge in [-0.1, -0.05) is 0 Å². The molecule has 1 saturated heterocycles. The number of halogens is 4. The van der Waals surface area contributed by atoms with Gasteiger partial charge in [0, 0.05) is 32.2 Å². The number of ether oxygens (including phenoxy) is 2. The monoisotopic (exact) mass is 544 g/mol. The summed E-state index contributed by atoms with van der Waals surface area (Å²) in [6.45, 7) is 2.34. The highest BCUT2D eigenvalue weighted by Crippen LogP contribution is 2.31. The molecule has 15 heteroatoms. The molecule has 1 aliphatic heterocycles. The second kappa shape index (κ2) is 11.4. The zero-order valence-corrected chi connectivity index (χ0v) is 20.3. The molecule has 1 fully saturated rings. The van der Waals surface area contributed by atoms with E-state index in [1.807, 2.05) is 5.32 Å². The highest BCUT2D eigenvalue weighted by atomic mass is 32.1. The van der Waals surface area contributed by atoms with Crippen LogP contribution >= 0.6 is 12.2 Å². The predicted molar refractivity (Wildman–Crippen MR) is 126 cm³/mol. The zero-order valence-electron chi connectivity index (χ0n) is 19.5. The number of hydrogen-bond acceptors (Lipinski definition) is 8. The number of methoxy groups -OCH3 is 1. The summed E-state index contributed by atoms with van der Waals surface area (Å²) < 4.78 is 65.5. The molecular formula is C22H20F4N4O6S. The summed E-state index contributed by atoms with van der Waals surface area (Å²) in [7, 11) is 0.804. The van der Waals surface area contributed by atoms with Crippen LogP contribution in [0.3, 0.4) is 0 Å². The third kappa shape index (κ3) is 5.55. The van der Waals surface area contributed by atoms with Crippen molar-refractivity contribution in [3.8, 4) is 5.75 Å². The van der Waals surface area contributed by atoms with Gasteiger partial charge < -0.3 is 19.3 Å². The first kappa shape index (κ1) is 27.6. The number of esters is 1. The number of piperazine rings is 1. The molecule has 198 valence electrons. The van der Waals surface area contributed by atoms with Gasteiger partial charge in [0.15, 0.2) is 22.5 Å². The SMILES string of the molecule is CCOC(=O)c1ccc(N2CCN(C(=S)NC(=O)c3c(F)c(F)c(OC)c(F)c3F)CC2)c([N+](=O)[O-])c1. The van der Waals surface area contributed by atoms with E-state index in [1.165, 1.54) is 17.0 Å². The number of anilines is 1. The lowest BCUT2D eigenvalue weighted by Crippen LogP contribution is -2.53. The third-order valence-corrected chi connectivity index (χ3v) is 5.83. The van der Waals surface area contributed by atoms with Crippen LogP contribution in [0.2, 0.25) is 0 Å². The molecule has 0 radical (unpaired) electrons. The number of amides is 1. The van der Waals surface area contributed by atoms with E-state index < -0.39 is 51.4 Å². The Morgan fingerprint density at radius 2 is 1.68 bits per heavy atom. The number of benzene rings is 2. The Balaban J connectivity index is 1.71. The van der Waals surface area contributed by atoms with Crippen molar-refractivity contribution < 1.29 is 41.5 Å². The molecule has 1 aliphatic rings. The number of carbonyl (C=O) groups is 2. The third-order valence-electron chi connectivity index (χ3n) is 5.47. The van der Waals surface area contributed by atoms with Gasteiger partial charge in [-0.15, -0.1) is 0 Å². The quantitative estimate of drug-likeness (QED) is 0.146. The van der Waals surface area contributed by atoms with Crippen molar-refractivity contribution in [2.24, 2.45) is 0 Å². The fourth-order valence-corrected chi connectivity index (χ4v) is 3.93. The van der Waals surface area contributed by atoms with Crippen LogP contribution < -0.4 is 15.0 Å². The molecule has 2 aromatic carbocycles. The maximum Gasteiger partial charge on any atom is 0.338 e. The summed E-state index contributed by atoms with van der Waals surface area (Å²) in [5.41, 5.74) is -1.56. The maximum absolute atomic E-state index is 14.2. The van der Waals surface area contributed by atoms with Crippen LogP contribution in [-0.4, -0.2) is 66.7 Å². The molecule has 0 spiro atoms. The highest BCUT2D eigenvalue weighted by Gasteiger charge is 2.32. The van der Waals surface area contributed by atoms with E-state index in [9.17, 15) is 37.3 Å². The highest BCUT2D eigenvalue weighted by molar-refractivity contribution is 7.80. The van der Waals surface area contributed by atoms with E-state index in [2.05, 4.69) is 4.74 Å². The number of rotatable bonds is 6. The number of nitrogens with one attached hydrogen (secondary N) is 1. The van der Waals surface area contributed by atoms with Crippen LogP contribution in [0.4, 0.5) is 28.9 Å². The molecular weight excluding hydrogens is 524 g/mol. The van der Waals surface area contributed by atoms with Gasteiger partial charge in [0.2, 0.25) is 11.6 Å². The summed E-state index contributed by atoms with van der Waals surface area (Å²) in [5.74, 6) is -11.2. The standard InChI is InChI=1S/C22H20F4N4O6S/c1-3-36-21(32)11-4-5-12(13(10-11)30(33)34)28-6-8-29(9-7-28)22(37)27-20(31)14-15(23)17(25)19(35-2)18(26)16(14)24/h4-5,10H,3,6-9H2,1-2H3,(H,27,31,37). The van der Waals surface area contributed by atoms with Crippen molar-refractivity contribution in [3.05, 3.63) is 62.7 Å². The van der Waals surface area contributed by atoms with Crippen molar-refractivity contribution in [1.29, 1.82) is 0 Å². The second-order valence-electron chi connectivity index (χ2n) is 7.58. The summed E-state index contributed by atoms with van der Waals surface area (Å²) in [6, 6.07) is 3.92. The molecule has 3 rings (SSSR count). The Morgan fingerprint density at radius 1 is 1.08 bits per heavy atom. The topological polar surface area (TPSA) is 114 Å². The average Bonchev–Trinajstić information content (AvgIpc) is 2.87. The van der Waals surface area contributed by atoms with Crippen LogP contribution in [0.15, 0.2) is 18.2 Å². The van der Waals surface area contributed by atoms with Gasteiger partial charge in [0.25, 0.3) is 11.6 Å². The minimum Gasteiger partial charge on any atom is -0.491 e. The van der Waals surface area contributed by atoms with E-state index in [1.54, 1.807) is 11.8 Å². The largest absolute Gasteiger partial charge is 0.491 e. The van der Waals surface area contributed by atoms with E-state index >= 15 is 0 Å². The minimum atomic E-state index is -1.94. The van der Waals surface area contributed by atoms with Crippen molar-refractivity contribution in [3.63, 3.8) is 0 Å². The first-order valence-corrected chi connectivity index (χ1v) is 11.1. The number of nitrogens with zero attached hydrogens (tertiary/aromatic N) is 3. The van der Waals surface area contributed by atoms with Crippen molar-refractivity contribution in [2.45, 2.75) is 6.92 Å². The number of hydrogen-bond donors (Lipinski definition) is 1. The molecule has 0 atom stereocenters. The normalized spacial score (nSPS) is 13.2. The van der Waals surface area contributed by atoms with Crippen LogP contribution in [0.1, 0.15) is 27.6 Å². The first-order chi connectivity index (χ1) is 17.5. The van der Waals surface area contributed by atoms with Crippen LogP contribution in [0, 0.1) is 33.4 Å². The molecule has 2 aromatic rings. The number of nitro benzene ring substituents is 1. The first-order valence-electron chi connectivity index (χ1n) is 10.7. The predicted octanol–water partition coefficient (Wildman–Crippen LogP) is 3.17. The molecule has 1 heterocycles. The van der Waals surface area contributed by atoms with Gasteiger partial charge in [0.05, 0.1) is 24.2 Å². The Hall–Kier alpha value is -4.01. The number of carbonyl (C=O) groups excluding carboxylic acids is 2. The Kier molecular flexibility index (Phi) is 8.47. The van der Waals surface area contributed by atoms with Crippen molar-refractivity contribution >= 4 is 40.6 Å².